The van der Waals surface area contributed by atoms with E-state index >= 15 is 0 Å². The fraction of sp³-hybridized carbons (Fsp3) is 0.368. The molecule has 1 fully saturated rings. The van der Waals surface area contributed by atoms with Crippen LogP contribution in [-0.4, -0.2) is 52.9 Å². The van der Waals surface area contributed by atoms with Crippen molar-refractivity contribution in [3.8, 4) is 0 Å². The molecule has 3 rings (SSSR count). The van der Waals surface area contributed by atoms with Crippen LogP contribution >= 0.6 is 0 Å². The molecule has 1 aromatic carbocycles. The minimum atomic E-state index is -1.21. The largest absolute Gasteiger partial charge is 0.459 e. The van der Waals surface area contributed by atoms with E-state index in [0.29, 0.717) is 31.9 Å². The molecule has 132 valence electrons. The molecule has 1 aliphatic heterocycles. The van der Waals surface area contributed by atoms with Gasteiger partial charge in [-0.05, 0) is 24.6 Å². The predicted octanol–water partition coefficient (Wildman–Crippen LogP) is 1.86. The molecule has 6 nitrogen and oxygen atoms in total. The van der Waals surface area contributed by atoms with Gasteiger partial charge in [-0.15, -0.1) is 0 Å². The highest BCUT2D eigenvalue weighted by molar-refractivity contribution is 5.91. The van der Waals surface area contributed by atoms with Crippen LogP contribution in [0.3, 0.4) is 0 Å². The highest BCUT2D eigenvalue weighted by atomic mass is 16.3. The maximum Gasteiger partial charge on any atom is 0.289 e. The van der Waals surface area contributed by atoms with Gasteiger partial charge >= 0.3 is 0 Å². The lowest BCUT2D eigenvalue weighted by Crippen LogP contribution is -2.51. The van der Waals surface area contributed by atoms with E-state index in [4.69, 9.17) is 4.42 Å². The van der Waals surface area contributed by atoms with Gasteiger partial charge in [-0.2, -0.15) is 0 Å². The summed E-state index contributed by atoms with van der Waals surface area (Å²) in [7, 11) is 0. The van der Waals surface area contributed by atoms with Gasteiger partial charge in [0.1, 0.15) is 0 Å². The molecule has 0 spiro atoms. The van der Waals surface area contributed by atoms with Crippen molar-refractivity contribution in [3.63, 3.8) is 0 Å². The Morgan fingerprint density at radius 2 is 1.68 bits per heavy atom. The summed E-state index contributed by atoms with van der Waals surface area (Å²) < 4.78 is 5.13. The Balaban J connectivity index is 1.56. The van der Waals surface area contributed by atoms with Gasteiger partial charge in [-0.3, -0.25) is 9.59 Å². The molecule has 1 atom stereocenters. The second-order valence-corrected chi connectivity index (χ2v) is 6.47. The molecule has 25 heavy (non-hydrogen) atoms. The normalized spacial score (nSPS) is 17.2. The van der Waals surface area contributed by atoms with Gasteiger partial charge in [0.2, 0.25) is 5.91 Å². The van der Waals surface area contributed by atoms with Crippen LogP contribution in [0.2, 0.25) is 0 Å². The summed E-state index contributed by atoms with van der Waals surface area (Å²) in [5, 5.41) is 10.6. The molecule has 2 heterocycles. The summed E-state index contributed by atoms with van der Waals surface area (Å²) in [5.74, 6) is 0.0409. The van der Waals surface area contributed by atoms with Crippen LogP contribution in [0.4, 0.5) is 0 Å². The lowest BCUT2D eigenvalue weighted by atomic mass is 9.92. The Bertz CT molecular complexity index is 717. The van der Waals surface area contributed by atoms with Gasteiger partial charge in [0, 0.05) is 26.2 Å². The minimum absolute atomic E-state index is 0.0170. The van der Waals surface area contributed by atoms with Gasteiger partial charge in [-0.25, -0.2) is 0 Å². The van der Waals surface area contributed by atoms with Crippen molar-refractivity contribution in [2.75, 3.05) is 26.2 Å². The standard InChI is InChI=1S/C19H22N2O4/c1-19(24,15-6-3-2-4-7-15)14-17(22)20-9-11-21(12-10-20)18(23)16-8-5-13-25-16/h2-8,13,24H,9-12,14H2,1H3. The highest BCUT2D eigenvalue weighted by Gasteiger charge is 2.31. The van der Waals surface area contributed by atoms with Crippen molar-refractivity contribution in [1.29, 1.82) is 0 Å². The molecule has 1 N–H and O–H groups in total. The Morgan fingerprint density at radius 1 is 1.04 bits per heavy atom. The molecule has 2 aromatic rings. The SMILES string of the molecule is CC(O)(CC(=O)N1CCN(C(=O)c2ccco2)CC1)c1ccccc1. The van der Waals surface area contributed by atoms with Gasteiger partial charge < -0.3 is 19.3 Å². The van der Waals surface area contributed by atoms with Gasteiger partial charge in [0.25, 0.3) is 5.91 Å². The number of nitrogens with zero attached hydrogens (tertiary/aromatic N) is 2. The van der Waals surface area contributed by atoms with Gasteiger partial charge in [0.15, 0.2) is 5.76 Å². The van der Waals surface area contributed by atoms with Crippen LogP contribution in [0.5, 0.6) is 0 Å². The monoisotopic (exact) mass is 342 g/mol. The maximum absolute atomic E-state index is 12.5. The van der Waals surface area contributed by atoms with E-state index in [1.807, 2.05) is 30.3 Å². The number of hydrogen-bond acceptors (Lipinski definition) is 4. The smallest absolute Gasteiger partial charge is 0.289 e. The third kappa shape index (κ3) is 3.91. The second-order valence-electron chi connectivity index (χ2n) is 6.47. The Hall–Kier alpha value is -2.60. The Labute approximate surface area is 146 Å². The molecular weight excluding hydrogens is 320 g/mol. The molecule has 0 radical (unpaired) electrons. The number of piperazine rings is 1. The van der Waals surface area contributed by atoms with Crippen LogP contribution < -0.4 is 0 Å². The van der Waals surface area contributed by atoms with Crippen molar-refractivity contribution >= 4 is 11.8 Å². The number of rotatable bonds is 4. The average Bonchev–Trinajstić information content (AvgIpc) is 3.16. The molecule has 2 amide bonds. The summed E-state index contributed by atoms with van der Waals surface area (Å²) >= 11 is 0. The first kappa shape index (κ1) is 17.2. The van der Waals surface area contributed by atoms with E-state index in [-0.39, 0.29) is 18.2 Å². The number of furan rings is 1. The van der Waals surface area contributed by atoms with Crippen molar-refractivity contribution in [2.24, 2.45) is 0 Å². The Kier molecular flexibility index (Phi) is 4.90. The van der Waals surface area contributed by atoms with E-state index in [2.05, 4.69) is 0 Å². The Morgan fingerprint density at radius 3 is 2.28 bits per heavy atom. The van der Waals surface area contributed by atoms with E-state index in [1.54, 1.807) is 28.9 Å². The first-order valence-electron chi connectivity index (χ1n) is 8.36. The topological polar surface area (TPSA) is 74.0 Å². The number of carbonyl (C=O) groups excluding carboxylic acids is 2. The first-order chi connectivity index (χ1) is 12.0. The first-order valence-corrected chi connectivity index (χ1v) is 8.36. The summed E-state index contributed by atoms with van der Waals surface area (Å²) in [5.41, 5.74) is -0.491. The molecule has 1 aromatic heterocycles. The molecule has 1 unspecified atom stereocenters. The fourth-order valence-electron chi connectivity index (χ4n) is 3.02. The van der Waals surface area contributed by atoms with Crippen molar-refractivity contribution in [3.05, 3.63) is 60.1 Å². The van der Waals surface area contributed by atoms with Crippen molar-refractivity contribution in [2.45, 2.75) is 18.9 Å². The van der Waals surface area contributed by atoms with E-state index in [9.17, 15) is 14.7 Å². The van der Waals surface area contributed by atoms with Crippen LogP contribution in [0, 0.1) is 0 Å². The molecule has 6 heteroatoms. The zero-order chi connectivity index (χ0) is 17.9. The summed E-state index contributed by atoms with van der Waals surface area (Å²) in [6, 6.07) is 12.5. The van der Waals surface area contributed by atoms with Crippen molar-refractivity contribution < 1.29 is 19.1 Å². The molecule has 0 aliphatic carbocycles. The minimum Gasteiger partial charge on any atom is -0.459 e. The van der Waals surface area contributed by atoms with Crippen LogP contribution in [-0.2, 0) is 10.4 Å². The highest BCUT2D eigenvalue weighted by Crippen LogP contribution is 2.25. The lowest BCUT2D eigenvalue weighted by molar-refractivity contribution is -0.137. The van der Waals surface area contributed by atoms with Crippen molar-refractivity contribution in [1.82, 2.24) is 9.80 Å². The van der Waals surface area contributed by atoms with Crippen LogP contribution in [0.25, 0.3) is 0 Å². The zero-order valence-corrected chi connectivity index (χ0v) is 14.2. The zero-order valence-electron chi connectivity index (χ0n) is 14.2. The number of amides is 2. The molecular formula is C19H22N2O4. The van der Waals surface area contributed by atoms with E-state index in [0.717, 1.165) is 5.56 Å². The summed E-state index contributed by atoms with van der Waals surface area (Å²) in [6.07, 6.45) is 1.49. The van der Waals surface area contributed by atoms with E-state index in [1.165, 1.54) is 6.26 Å². The maximum atomic E-state index is 12.5. The van der Waals surface area contributed by atoms with Gasteiger partial charge in [0.05, 0.1) is 18.3 Å². The van der Waals surface area contributed by atoms with Gasteiger partial charge in [-0.1, -0.05) is 30.3 Å². The number of hydrogen-bond donors (Lipinski definition) is 1. The third-order valence-electron chi connectivity index (χ3n) is 4.54. The number of benzene rings is 1. The van der Waals surface area contributed by atoms with Crippen LogP contribution in [0.1, 0.15) is 29.5 Å². The fourth-order valence-corrected chi connectivity index (χ4v) is 3.02. The molecule has 0 saturated carbocycles. The van der Waals surface area contributed by atoms with Crippen LogP contribution in [0.15, 0.2) is 53.1 Å². The summed E-state index contributed by atoms with van der Waals surface area (Å²) in [6.45, 7) is 3.47. The molecule has 0 bridgehead atoms. The molecule has 1 saturated heterocycles. The summed E-state index contributed by atoms with van der Waals surface area (Å²) in [4.78, 5) is 28.2. The quantitative estimate of drug-likeness (QED) is 0.920. The third-order valence-corrected chi connectivity index (χ3v) is 4.54. The van der Waals surface area contributed by atoms with E-state index < -0.39 is 5.60 Å². The lowest BCUT2D eigenvalue weighted by Gasteiger charge is -2.36. The predicted molar refractivity (Wildman–Crippen MR) is 91.8 cm³/mol. The second kappa shape index (κ2) is 7.11. The molecule has 1 aliphatic rings. The average molecular weight is 342 g/mol. The number of carbonyl (C=O) groups is 2. The number of aliphatic hydroxyl groups is 1.